The van der Waals surface area contributed by atoms with Crippen molar-refractivity contribution in [1.82, 2.24) is 9.59 Å². The van der Waals surface area contributed by atoms with Crippen LogP contribution in [0.2, 0.25) is 0 Å². The third-order valence-electron chi connectivity index (χ3n) is 3.03. The first kappa shape index (κ1) is 24.0. The maximum atomic E-state index is 4.37. The van der Waals surface area contributed by atoms with E-state index in [1.807, 2.05) is 32.4 Å². The number of hydrogen-bond donors (Lipinski definition) is 0. The molecule has 0 spiro atoms. The third-order valence-corrected chi connectivity index (χ3v) is 10.9. The second kappa shape index (κ2) is 8.97. The molecular formula is C18H34N2S5. The predicted octanol–water partition coefficient (Wildman–Crippen LogP) is 8.45. The predicted molar refractivity (Wildman–Crippen MR) is 123 cm³/mol. The molecule has 0 atom stereocenters. The molecule has 1 aromatic heterocycles. The lowest BCUT2D eigenvalue weighted by atomic mass is 9.86. The molecule has 25 heavy (non-hydrogen) atoms. The maximum absolute atomic E-state index is 4.37. The normalized spacial score (nSPS) is 14.2. The Morgan fingerprint density at radius 2 is 1.16 bits per heavy atom. The quantitative estimate of drug-likeness (QED) is 0.378. The second-order valence-electron chi connectivity index (χ2n) is 10.2. The van der Waals surface area contributed by atoms with Gasteiger partial charge in [-0.2, -0.15) is 0 Å². The molecule has 0 aliphatic rings. The summed E-state index contributed by atoms with van der Waals surface area (Å²) in [5.74, 6) is 0. The van der Waals surface area contributed by atoms with E-state index in [9.17, 15) is 0 Å². The summed E-state index contributed by atoms with van der Waals surface area (Å²) in [5.41, 5.74) is 0.676. The first-order chi connectivity index (χ1) is 11.1. The minimum absolute atomic E-state index is 0.215. The van der Waals surface area contributed by atoms with Gasteiger partial charge in [-0.05, 0) is 84.5 Å². The van der Waals surface area contributed by atoms with Gasteiger partial charge in [0.1, 0.15) is 4.21 Å². The molecule has 1 rings (SSSR count). The number of rotatable bonds is 8. The van der Waals surface area contributed by atoms with Gasteiger partial charge in [0, 0.05) is 9.49 Å². The molecule has 0 aromatic carbocycles. The lowest BCUT2D eigenvalue weighted by Gasteiger charge is -2.31. The first-order valence-corrected chi connectivity index (χ1v) is 13.7. The zero-order valence-electron chi connectivity index (χ0n) is 17.3. The molecule has 2 nitrogen and oxygen atoms in total. The van der Waals surface area contributed by atoms with E-state index < -0.39 is 0 Å². The van der Waals surface area contributed by atoms with E-state index in [0.717, 1.165) is 5.03 Å². The molecule has 0 radical (unpaired) electrons. The Balaban J connectivity index is 2.62. The standard InChI is InChI=1S/C18H34N2S5/c1-15(2,3)11-17(7,8)24-22-13-14(21-20-19-13)23-25-18(9,10)12-16(4,5)6/h11-12H2,1-10H3. The van der Waals surface area contributed by atoms with Crippen LogP contribution in [0.25, 0.3) is 0 Å². The van der Waals surface area contributed by atoms with Crippen LogP contribution in [0, 0.1) is 10.8 Å². The van der Waals surface area contributed by atoms with E-state index >= 15 is 0 Å². The first-order valence-electron chi connectivity index (χ1n) is 8.62. The van der Waals surface area contributed by atoms with Gasteiger partial charge in [0.15, 0.2) is 5.03 Å². The van der Waals surface area contributed by atoms with Gasteiger partial charge in [-0.15, -0.1) is 5.10 Å². The molecule has 0 fully saturated rings. The van der Waals surface area contributed by atoms with Crippen molar-refractivity contribution in [2.75, 3.05) is 0 Å². The summed E-state index contributed by atoms with van der Waals surface area (Å²) in [5, 5.41) is 5.44. The van der Waals surface area contributed by atoms with Crippen molar-refractivity contribution in [3.05, 3.63) is 0 Å². The van der Waals surface area contributed by atoms with Crippen molar-refractivity contribution in [3.8, 4) is 0 Å². The zero-order valence-corrected chi connectivity index (χ0v) is 21.4. The van der Waals surface area contributed by atoms with Gasteiger partial charge in [0.2, 0.25) is 0 Å². The molecule has 0 saturated heterocycles. The van der Waals surface area contributed by atoms with E-state index in [-0.39, 0.29) is 9.49 Å². The summed E-state index contributed by atoms with van der Waals surface area (Å²) in [6.45, 7) is 23.2. The Bertz CT molecular complexity index is 492. The third kappa shape index (κ3) is 10.8. The van der Waals surface area contributed by atoms with Crippen LogP contribution in [-0.2, 0) is 0 Å². The van der Waals surface area contributed by atoms with E-state index in [1.54, 1.807) is 10.8 Å². The number of aromatic nitrogens is 2. The highest BCUT2D eigenvalue weighted by Gasteiger charge is 2.29. The van der Waals surface area contributed by atoms with Gasteiger partial charge in [0.25, 0.3) is 0 Å². The SMILES string of the molecule is CC(C)(C)CC(C)(C)SSc1nnsc1SSC(C)(C)CC(C)(C)C. The van der Waals surface area contributed by atoms with Crippen LogP contribution < -0.4 is 0 Å². The molecule has 0 amide bonds. The fourth-order valence-corrected chi connectivity index (χ4v) is 9.92. The average Bonchev–Trinajstić information content (AvgIpc) is 2.75. The van der Waals surface area contributed by atoms with Crippen LogP contribution >= 0.6 is 54.7 Å². The van der Waals surface area contributed by atoms with Gasteiger partial charge in [0.05, 0.1) is 0 Å². The fourth-order valence-electron chi connectivity index (χ4n) is 3.19. The van der Waals surface area contributed by atoms with Gasteiger partial charge < -0.3 is 0 Å². The van der Waals surface area contributed by atoms with E-state index in [2.05, 4.69) is 78.8 Å². The summed E-state index contributed by atoms with van der Waals surface area (Å²) in [4.78, 5) is 0. The molecule has 1 heterocycles. The molecule has 146 valence electrons. The summed E-state index contributed by atoms with van der Waals surface area (Å²) >= 11 is 1.52. The minimum Gasteiger partial charge on any atom is -0.129 e. The fraction of sp³-hybridized carbons (Fsp3) is 0.889. The van der Waals surface area contributed by atoms with E-state index in [0.29, 0.717) is 10.8 Å². The van der Waals surface area contributed by atoms with Crippen molar-refractivity contribution in [2.24, 2.45) is 10.8 Å². The Morgan fingerprint density at radius 1 is 0.720 bits per heavy atom. The van der Waals surface area contributed by atoms with Gasteiger partial charge >= 0.3 is 0 Å². The Kier molecular flexibility index (Phi) is 8.61. The van der Waals surface area contributed by atoms with Crippen molar-refractivity contribution in [2.45, 2.75) is 101 Å². The van der Waals surface area contributed by atoms with Crippen LogP contribution in [0.1, 0.15) is 82.1 Å². The highest BCUT2D eigenvalue weighted by atomic mass is 33.1. The second-order valence-corrected chi connectivity index (χ2v) is 16.9. The van der Waals surface area contributed by atoms with E-state index in [1.165, 1.54) is 28.6 Å². The minimum atomic E-state index is 0.215. The summed E-state index contributed by atoms with van der Waals surface area (Å²) in [6, 6.07) is 0. The smallest absolute Gasteiger partial charge is 0.129 e. The van der Waals surface area contributed by atoms with Gasteiger partial charge in [-0.25, -0.2) is 0 Å². The van der Waals surface area contributed by atoms with Crippen molar-refractivity contribution >= 4 is 54.7 Å². The summed E-state index contributed by atoms with van der Waals surface area (Å²) in [7, 11) is 7.49. The van der Waals surface area contributed by atoms with Crippen molar-refractivity contribution in [3.63, 3.8) is 0 Å². The Morgan fingerprint density at radius 3 is 1.60 bits per heavy atom. The van der Waals surface area contributed by atoms with Crippen LogP contribution in [0.4, 0.5) is 0 Å². The monoisotopic (exact) mass is 438 g/mol. The van der Waals surface area contributed by atoms with Crippen molar-refractivity contribution in [1.29, 1.82) is 0 Å². The number of hydrogen-bond acceptors (Lipinski definition) is 7. The molecule has 0 saturated carbocycles. The molecule has 0 N–H and O–H groups in total. The van der Waals surface area contributed by atoms with Gasteiger partial charge in [-0.3, -0.25) is 0 Å². The molecule has 1 aromatic rings. The topological polar surface area (TPSA) is 25.8 Å². The summed E-state index contributed by atoms with van der Waals surface area (Å²) < 4.78 is 5.87. The van der Waals surface area contributed by atoms with Crippen LogP contribution in [0.5, 0.6) is 0 Å². The zero-order chi connectivity index (χ0) is 19.5. The van der Waals surface area contributed by atoms with Crippen molar-refractivity contribution < 1.29 is 0 Å². The molecule has 0 unspecified atom stereocenters. The van der Waals surface area contributed by atoms with Gasteiger partial charge in [-0.1, -0.05) is 67.6 Å². The lowest BCUT2D eigenvalue weighted by Crippen LogP contribution is -2.22. The van der Waals surface area contributed by atoms with Crippen LogP contribution in [0.3, 0.4) is 0 Å². The highest BCUT2D eigenvalue weighted by molar-refractivity contribution is 8.78. The van der Waals surface area contributed by atoms with Crippen LogP contribution in [-0.4, -0.2) is 19.1 Å². The Hall–Kier alpha value is 0.960. The molecular weight excluding hydrogens is 405 g/mol. The highest BCUT2D eigenvalue weighted by Crippen LogP contribution is 2.52. The Labute approximate surface area is 175 Å². The maximum Gasteiger partial charge on any atom is 0.156 e. The molecule has 0 bridgehead atoms. The average molecular weight is 439 g/mol. The molecule has 7 heteroatoms. The van der Waals surface area contributed by atoms with Crippen LogP contribution in [0.15, 0.2) is 9.24 Å². The number of nitrogens with zero attached hydrogens (tertiary/aromatic N) is 2. The lowest BCUT2D eigenvalue weighted by molar-refractivity contribution is 0.340. The summed E-state index contributed by atoms with van der Waals surface area (Å²) in [6.07, 6.45) is 2.35. The molecule has 0 aliphatic heterocycles. The molecule has 0 aliphatic carbocycles. The van der Waals surface area contributed by atoms with E-state index in [4.69, 9.17) is 0 Å². The largest absolute Gasteiger partial charge is 0.156 e.